The minimum atomic E-state index is -4.65. The lowest BCUT2D eigenvalue weighted by atomic mass is 10.0. The summed E-state index contributed by atoms with van der Waals surface area (Å²) >= 11 is 6.21. The molecule has 1 N–H and O–H groups in total. The predicted octanol–water partition coefficient (Wildman–Crippen LogP) is 6.32. The first kappa shape index (κ1) is 34.9. The highest BCUT2D eigenvalue weighted by Crippen LogP contribution is 2.32. The molecule has 0 heterocycles. The van der Waals surface area contributed by atoms with Crippen LogP contribution < -0.4 is 9.62 Å². The van der Waals surface area contributed by atoms with Crippen LogP contribution in [0.25, 0.3) is 0 Å². The third-order valence-corrected chi connectivity index (χ3v) is 8.24. The van der Waals surface area contributed by atoms with E-state index in [1.165, 1.54) is 11.0 Å². The molecule has 3 aromatic rings. The average Bonchev–Trinajstić information content (AvgIpc) is 2.95. The van der Waals surface area contributed by atoms with Crippen molar-refractivity contribution in [3.63, 3.8) is 0 Å². The summed E-state index contributed by atoms with van der Waals surface area (Å²) in [4.78, 5) is 28.9. The van der Waals surface area contributed by atoms with Gasteiger partial charge in [0.2, 0.25) is 21.8 Å². The largest absolute Gasteiger partial charge is 0.416 e. The number of rotatable bonds is 14. The van der Waals surface area contributed by atoms with Crippen molar-refractivity contribution in [1.29, 1.82) is 0 Å². The number of hydrogen-bond acceptors (Lipinski definition) is 4. The Hall–Kier alpha value is -3.57. The highest BCUT2D eigenvalue weighted by atomic mass is 35.5. The molecule has 0 aromatic heterocycles. The summed E-state index contributed by atoms with van der Waals surface area (Å²) in [5, 5.41) is 3.39. The van der Waals surface area contributed by atoms with E-state index in [-0.39, 0.29) is 49.9 Å². The van der Waals surface area contributed by atoms with Gasteiger partial charge in [0.25, 0.3) is 0 Å². The molecular weight excluding hydrogens is 615 g/mol. The Morgan fingerprint density at radius 3 is 2.20 bits per heavy atom. The summed E-state index contributed by atoms with van der Waals surface area (Å²) < 4.78 is 66.0. The van der Waals surface area contributed by atoms with Gasteiger partial charge in [0.05, 0.1) is 17.5 Å². The van der Waals surface area contributed by atoms with Gasteiger partial charge in [0.15, 0.2) is 0 Å². The number of nitrogens with zero attached hydrogens (tertiary/aromatic N) is 2. The second-order valence-electron chi connectivity index (χ2n) is 11.0. The lowest BCUT2D eigenvalue weighted by Gasteiger charge is -2.32. The maximum Gasteiger partial charge on any atom is 0.416 e. The molecule has 0 aliphatic heterocycles. The topological polar surface area (TPSA) is 86.8 Å². The number of benzene rings is 3. The normalized spacial score (nSPS) is 12.5. The molecule has 3 aromatic carbocycles. The van der Waals surface area contributed by atoms with Gasteiger partial charge in [-0.3, -0.25) is 13.9 Å². The van der Waals surface area contributed by atoms with E-state index in [0.717, 1.165) is 34.3 Å². The standard InChI is InChI=1S/C32H37ClF3N3O4S/c1-23(2)21-37-31(41)29(19-24-10-5-4-6-11-24)38(22-25-12-7-14-27(33)18-25)30(40)16-9-17-39(44(3,42)43)28-15-8-13-26(20-28)32(34,35)36/h4-8,10-15,18,20,23,29H,9,16-17,19,21-22H2,1-3H3,(H,37,41). The zero-order valence-corrected chi connectivity index (χ0v) is 26.4. The Labute approximate surface area is 262 Å². The zero-order chi connectivity index (χ0) is 32.5. The molecule has 1 atom stereocenters. The Balaban J connectivity index is 1.90. The van der Waals surface area contributed by atoms with E-state index < -0.39 is 33.7 Å². The zero-order valence-electron chi connectivity index (χ0n) is 24.9. The van der Waals surface area contributed by atoms with Crippen molar-refractivity contribution in [3.05, 3.63) is 101 Å². The number of anilines is 1. The average molecular weight is 652 g/mol. The Morgan fingerprint density at radius 2 is 1.59 bits per heavy atom. The van der Waals surface area contributed by atoms with Crippen molar-refractivity contribution in [2.24, 2.45) is 5.92 Å². The van der Waals surface area contributed by atoms with Crippen LogP contribution in [0.3, 0.4) is 0 Å². The molecule has 0 radical (unpaired) electrons. The van der Waals surface area contributed by atoms with E-state index >= 15 is 0 Å². The number of alkyl halides is 3. The second-order valence-corrected chi connectivity index (χ2v) is 13.3. The van der Waals surface area contributed by atoms with Crippen LogP contribution in [0.15, 0.2) is 78.9 Å². The Morgan fingerprint density at radius 1 is 0.932 bits per heavy atom. The quantitative estimate of drug-likeness (QED) is 0.221. The van der Waals surface area contributed by atoms with Crippen molar-refractivity contribution >= 4 is 39.1 Å². The summed E-state index contributed by atoms with van der Waals surface area (Å²) in [6.07, 6.45) is -3.68. The molecule has 0 bridgehead atoms. The van der Waals surface area contributed by atoms with E-state index in [9.17, 15) is 31.2 Å². The molecule has 12 heteroatoms. The third kappa shape index (κ3) is 10.6. The van der Waals surface area contributed by atoms with Gasteiger partial charge in [-0.1, -0.05) is 74.0 Å². The first-order valence-corrected chi connectivity index (χ1v) is 16.4. The minimum Gasteiger partial charge on any atom is -0.354 e. The van der Waals surface area contributed by atoms with Gasteiger partial charge < -0.3 is 10.2 Å². The number of sulfonamides is 1. The highest BCUT2D eigenvalue weighted by Gasteiger charge is 2.33. The van der Waals surface area contributed by atoms with Crippen LogP contribution in [0.5, 0.6) is 0 Å². The molecule has 3 rings (SSSR count). The van der Waals surface area contributed by atoms with Crippen molar-refractivity contribution < 1.29 is 31.2 Å². The van der Waals surface area contributed by atoms with Crippen LogP contribution >= 0.6 is 11.6 Å². The van der Waals surface area contributed by atoms with Crippen LogP contribution in [0.1, 0.15) is 43.4 Å². The molecule has 0 saturated heterocycles. The summed E-state index contributed by atoms with van der Waals surface area (Å²) in [5.41, 5.74) is 0.403. The summed E-state index contributed by atoms with van der Waals surface area (Å²) in [6.45, 7) is 4.15. The molecule has 2 amide bonds. The Bertz CT molecular complexity index is 1520. The van der Waals surface area contributed by atoms with E-state index in [0.29, 0.717) is 17.1 Å². The minimum absolute atomic E-state index is 0.000134. The van der Waals surface area contributed by atoms with E-state index in [1.807, 2.05) is 44.2 Å². The van der Waals surface area contributed by atoms with Gasteiger partial charge >= 0.3 is 6.18 Å². The summed E-state index contributed by atoms with van der Waals surface area (Å²) in [7, 11) is -3.98. The number of amides is 2. The van der Waals surface area contributed by atoms with Gasteiger partial charge in [-0.25, -0.2) is 8.42 Å². The van der Waals surface area contributed by atoms with Crippen LogP contribution in [0, 0.1) is 5.92 Å². The van der Waals surface area contributed by atoms with Gasteiger partial charge in [0, 0.05) is 37.5 Å². The van der Waals surface area contributed by atoms with Gasteiger partial charge in [-0.2, -0.15) is 13.2 Å². The number of halogens is 4. The van der Waals surface area contributed by atoms with E-state index in [1.54, 1.807) is 24.3 Å². The summed E-state index contributed by atoms with van der Waals surface area (Å²) in [5.74, 6) is -0.575. The molecule has 1 unspecified atom stereocenters. The van der Waals surface area contributed by atoms with Gasteiger partial charge in [-0.15, -0.1) is 0 Å². The van der Waals surface area contributed by atoms with Crippen LogP contribution in [0.4, 0.5) is 18.9 Å². The van der Waals surface area contributed by atoms with Crippen molar-refractivity contribution in [2.75, 3.05) is 23.7 Å². The molecule has 0 saturated carbocycles. The van der Waals surface area contributed by atoms with Crippen molar-refractivity contribution in [3.8, 4) is 0 Å². The number of carbonyl (C=O) groups is 2. The first-order valence-electron chi connectivity index (χ1n) is 14.2. The second kappa shape index (κ2) is 15.4. The first-order chi connectivity index (χ1) is 20.6. The lowest BCUT2D eigenvalue weighted by Crippen LogP contribution is -2.51. The molecule has 0 aliphatic carbocycles. The third-order valence-electron chi connectivity index (χ3n) is 6.81. The Kier molecular flexibility index (Phi) is 12.2. The molecule has 0 fully saturated rings. The fourth-order valence-electron chi connectivity index (χ4n) is 4.65. The number of carbonyl (C=O) groups excluding carboxylic acids is 2. The SMILES string of the molecule is CC(C)CNC(=O)C(Cc1ccccc1)N(Cc1cccc(Cl)c1)C(=O)CCCN(c1cccc(C(F)(F)F)c1)S(C)(=O)=O. The van der Waals surface area contributed by atoms with Crippen LogP contribution in [-0.4, -0.2) is 50.5 Å². The van der Waals surface area contributed by atoms with Crippen LogP contribution in [-0.2, 0) is 38.8 Å². The maximum atomic E-state index is 13.9. The van der Waals surface area contributed by atoms with Crippen molar-refractivity contribution in [2.45, 2.75) is 51.9 Å². The molecule has 44 heavy (non-hydrogen) atoms. The van der Waals surface area contributed by atoms with E-state index in [4.69, 9.17) is 11.6 Å². The van der Waals surface area contributed by atoms with E-state index in [2.05, 4.69) is 5.32 Å². The fraction of sp³-hybridized carbons (Fsp3) is 0.375. The maximum absolute atomic E-state index is 13.9. The highest BCUT2D eigenvalue weighted by molar-refractivity contribution is 7.92. The molecular formula is C32H37ClF3N3O4S. The molecule has 0 aliphatic rings. The number of hydrogen-bond donors (Lipinski definition) is 1. The molecule has 0 spiro atoms. The summed E-state index contributed by atoms with van der Waals surface area (Å²) in [6, 6.07) is 19.3. The lowest BCUT2D eigenvalue weighted by molar-refractivity contribution is -0.141. The monoisotopic (exact) mass is 651 g/mol. The van der Waals surface area contributed by atoms with Gasteiger partial charge in [0.1, 0.15) is 6.04 Å². The van der Waals surface area contributed by atoms with Crippen LogP contribution in [0.2, 0.25) is 5.02 Å². The smallest absolute Gasteiger partial charge is 0.354 e. The predicted molar refractivity (Wildman–Crippen MR) is 167 cm³/mol. The molecule has 7 nitrogen and oxygen atoms in total. The number of nitrogens with one attached hydrogen (secondary N) is 1. The molecule has 238 valence electrons. The van der Waals surface area contributed by atoms with Gasteiger partial charge in [-0.05, 0) is 53.8 Å². The fourth-order valence-corrected chi connectivity index (χ4v) is 5.82. The van der Waals surface area contributed by atoms with Crippen molar-refractivity contribution in [1.82, 2.24) is 10.2 Å².